The maximum atomic E-state index is 12.1. The van der Waals surface area contributed by atoms with Crippen LogP contribution in [-0.2, 0) is 4.79 Å². The van der Waals surface area contributed by atoms with E-state index in [-0.39, 0.29) is 6.10 Å². The third-order valence-electron chi connectivity index (χ3n) is 3.74. The summed E-state index contributed by atoms with van der Waals surface area (Å²) in [6.45, 7) is 1.42. The first-order chi connectivity index (χ1) is 10.5. The Hall–Kier alpha value is -2.24. The van der Waals surface area contributed by atoms with E-state index in [1.807, 2.05) is 0 Å². The predicted octanol–water partition coefficient (Wildman–Crippen LogP) is 2.22. The summed E-state index contributed by atoms with van der Waals surface area (Å²) < 4.78 is 11.2. The van der Waals surface area contributed by atoms with Gasteiger partial charge >= 0.3 is 5.97 Å². The van der Waals surface area contributed by atoms with Crippen LogP contribution in [0.4, 0.5) is 0 Å². The average molecular weight is 307 g/mol. The summed E-state index contributed by atoms with van der Waals surface area (Å²) in [5.41, 5.74) is 0.349. The average Bonchev–Trinajstić information content (AvgIpc) is 2.99. The highest BCUT2D eigenvalue weighted by molar-refractivity contribution is 5.97. The highest BCUT2D eigenvalue weighted by Gasteiger charge is 2.20. The zero-order chi connectivity index (χ0) is 16.1. The minimum Gasteiger partial charge on any atom is -0.493 e. The number of carboxylic acids is 1. The van der Waals surface area contributed by atoms with E-state index in [1.165, 1.54) is 6.92 Å². The van der Waals surface area contributed by atoms with Gasteiger partial charge in [-0.2, -0.15) is 0 Å². The maximum Gasteiger partial charge on any atom is 0.325 e. The normalized spacial score (nSPS) is 16.1. The van der Waals surface area contributed by atoms with Gasteiger partial charge in [0.2, 0.25) is 0 Å². The molecule has 0 aromatic heterocycles. The first-order valence-electron chi connectivity index (χ1n) is 7.39. The van der Waals surface area contributed by atoms with Crippen LogP contribution >= 0.6 is 0 Å². The lowest BCUT2D eigenvalue weighted by atomic mass is 10.1. The van der Waals surface area contributed by atoms with E-state index in [0.29, 0.717) is 17.1 Å². The monoisotopic (exact) mass is 307 g/mol. The van der Waals surface area contributed by atoms with E-state index in [2.05, 4.69) is 5.32 Å². The zero-order valence-corrected chi connectivity index (χ0v) is 12.8. The molecule has 0 heterocycles. The van der Waals surface area contributed by atoms with E-state index in [9.17, 15) is 9.59 Å². The van der Waals surface area contributed by atoms with Gasteiger partial charge in [-0.3, -0.25) is 9.59 Å². The van der Waals surface area contributed by atoms with Gasteiger partial charge in [0.15, 0.2) is 11.5 Å². The number of carbonyl (C=O) groups is 2. The number of amides is 1. The van der Waals surface area contributed by atoms with Crippen LogP contribution in [-0.4, -0.2) is 36.2 Å². The fourth-order valence-electron chi connectivity index (χ4n) is 2.44. The highest BCUT2D eigenvalue weighted by Crippen LogP contribution is 2.32. The third-order valence-corrected chi connectivity index (χ3v) is 3.74. The largest absolute Gasteiger partial charge is 0.493 e. The van der Waals surface area contributed by atoms with E-state index in [4.69, 9.17) is 14.6 Å². The van der Waals surface area contributed by atoms with Gasteiger partial charge in [-0.25, -0.2) is 0 Å². The quantitative estimate of drug-likeness (QED) is 0.841. The number of methoxy groups -OCH3 is 1. The topological polar surface area (TPSA) is 84.9 Å². The van der Waals surface area contributed by atoms with E-state index >= 15 is 0 Å². The van der Waals surface area contributed by atoms with Gasteiger partial charge in [0.25, 0.3) is 5.91 Å². The van der Waals surface area contributed by atoms with E-state index in [0.717, 1.165) is 25.7 Å². The van der Waals surface area contributed by atoms with Crippen molar-refractivity contribution in [3.8, 4) is 11.5 Å². The lowest BCUT2D eigenvalue weighted by molar-refractivity contribution is -0.138. The Kier molecular flexibility index (Phi) is 5.25. The van der Waals surface area contributed by atoms with Gasteiger partial charge in [0.05, 0.1) is 13.2 Å². The van der Waals surface area contributed by atoms with Gasteiger partial charge in [0, 0.05) is 5.56 Å². The van der Waals surface area contributed by atoms with Crippen molar-refractivity contribution in [2.24, 2.45) is 0 Å². The number of aliphatic carboxylic acids is 1. The number of carboxylic acid groups (broad SMARTS) is 1. The molecule has 1 aliphatic carbocycles. The standard InChI is InChI=1S/C16H21NO5/c1-10(16(19)20)17-15(18)11-7-8-13(21-2)14(9-11)22-12-5-3-4-6-12/h7-10,12H,3-6H2,1-2H3,(H,17,18)(H,19,20). The lowest BCUT2D eigenvalue weighted by Crippen LogP contribution is -2.38. The summed E-state index contributed by atoms with van der Waals surface area (Å²) in [5.74, 6) is -0.446. The molecule has 1 amide bonds. The van der Waals surface area contributed by atoms with Crippen molar-refractivity contribution in [1.29, 1.82) is 0 Å². The molecule has 0 radical (unpaired) electrons. The van der Waals surface area contributed by atoms with Gasteiger partial charge in [0.1, 0.15) is 6.04 Å². The summed E-state index contributed by atoms with van der Waals surface area (Å²) in [6, 6.07) is 3.89. The van der Waals surface area contributed by atoms with Crippen molar-refractivity contribution in [1.82, 2.24) is 5.32 Å². The van der Waals surface area contributed by atoms with Crippen molar-refractivity contribution in [3.05, 3.63) is 23.8 Å². The number of nitrogens with one attached hydrogen (secondary N) is 1. The van der Waals surface area contributed by atoms with Crippen molar-refractivity contribution in [2.75, 3.05) is 7.11 Å². The van der Waals surface area contributed by atoms with Crippen LogP contribution in [0, 0.1) is 0 Å². The van der Waals surface area contributed by atoms with E-state index in [1.54, 1.807) is 25.3 Å². The Labute approximate surface area is 129 Å². The first-order valence-corrected chi connectivity index (χ1v) is 7.39. The molecule has 0 bridgehead atoms. The summed E-state index contributed by atoms with van der Waals surface area (Å²) >= 11 is 0. The van der Waals surface area contributed by atoms with Gasteiger partial charge in [-0.15, -0.1) is 0 Å². The van der Waals surface area contributed by atoms with Crippen LogP contribution in [0.25, 0.3) is 0 Å². The second-order valence-corrected chi connectivity index (χ2v) is 5.42. The number of hydrogen-bond acceptors (Lipinski definition) is 4. The summed E-state index contributed by atoms with van der Waals surface area (Å²) in [7, 11) is 1.54. The molecule has 1 aliphatic rings. The van der Waals surface area contributed by atoms with Crippen LogP contribution in [0.2, 0.25) is 0 Å². The molecule has 0 saturated heterocycles. The number of rotatable bonds is 6. The molecule has 22 heavy (non-hydrogen) atoms. The number of carbonyl (C=O) groups excluding carboxylic acids is 1. The molecule has 1 aromatic carbocycles. The van der Waals surface area contributed by atoms with Crippen LogP contribution in [0.3, 0.4) is 0 Å². The van der Waals surface area contributed by atoms with Gasteiger partial charge < -0.3 is 19.9 Å². The molecule has 1 atom stereocenters. The number of hydrogen-bond donors (Lipinski definition) is 2. The van der Waals surface area contributed by atoms with Crippen LogP contribution in [0.15, 0.2) is 18.2 Å². The van der Waals surface area contributed by atoms with Gasteiger partial charge in [-0.1, -0.05) is 0 Å². The summed E-state index contributed by atoms with van der Waals surface area (Å²) in [6.07, 6.45) is 4.42. The predicted molar refractivity (Wildman–Crippen MR) is 80.4 cm³/mol. The zero-order valence-electron chi connectivity index (χ0n) is 12.8. The molecule has 1 aromatic rings. The van der Waals surface area contributed by atoms with Crippen molar-refractivity contribution >= 4 is 11.9 Å². The summed E-state index contributed by atoms with van der Waals surface area (Å²) in [5, 5.41) is 11.3. The molecule has 2 rings (SSSR count). The molecule has 1 fully saturated rings. The Morgan fingerprint density at radius 3 is 2.55 bits per heavy atom. The van der Waals surface area contributed by atoms with Crippen molar-refractivity contribution < 1.29 is 24.2 Å². The molecule has 6 heteroatoms. The molecule has 6 nitrogen and oxygen atoms in total. The second kappa shape index (κ2) is 7.15. The minimum atomic E-state index is -1.08. The molecule has 1 unspecified atom stereocenters. The number of ether oxygens (including phenoxy) is 2. The Morgan fingerprint density at radius 2 is 1.95 bits per heavy atom. The smallest absolute Gasteiger partial charge is 0.325 e. The highest BCUT2D eigenvalue weighted by atomic mass is 16.5. The van der Waals surface area contributed by atoms with Crippen LogP contribution in [0.1, 0.15) is 43.0 Å². The fourth-order valence-corrected chi connectivity index (χ4v) is 2.44. The molecular weight excluding hydrogens is 286 g/mol. The molecular formula is C16H21NO5. The van der Waals surface area contributed by atoms with Gasteiger partial charge in [-0.05, 0) is 50.8 Å². The van der Waals surface area contributed by atoms with E-state index < -0.39 is 17.9 Å². The number of benzene rings is 1. The fraction of sp³-hybridized carbons (Fsp3) is 0.500. The maximum absolute atomic E-state index is 12.1. The Balaban J connectivity index is 2.14. The Morgan fingerprint density at radius 1 is 1.27 bits per heavy atom. The van der Waals surface area contributed by atoms with Crippen LogP contribution < -0.4 is 14.8 Å². The molecule has 0 aliphatic heterocycles. The summed E-state index contributed by atoms with van der Waals surface area (Å²) in [4.78, 5) is 22.9. The van der Waals surface area contributed by atoms with Crippen molar-refractivity contribution in [3.63, 3.8) is 0 Å². The first kappa shape index (κ1) is 16.1. The molecule has 2 N–H and O–H groups in total. The molecule has 1 saturated carbocycles. The second-order valence-electron chi connectivity index (χ2n) is 5.42. The van der Waals surface area contributed by atoms with Crippen LogP contribution in [0.5, 0.6) is 11.5 Å². The third kappa shape index (κ3) is 3.90. The molecule has 0 spiro atoms. The lowest BCUT2D eigenvalue weighted by Gasteiger charge is -2.17. The van der Waals surface area contributed by atoms with Crippen molar-refractivity contribution in [2.45, 2.75) is 44.8 Å². The Bertz CT molecular complexity index is 551. The SMILES string of the molecule is COc1ccc(C(=O)NC(C)C(=O)O)cc1OC1CCCC1. The molecule has 120 valence electrons. The minimum absolute atomic E-state index is 0.144.